The molecule has 0 aliphatic heterocycles. The Morgan fingerprint density at radius 2 is 2.00 bits per heavy atom. The largest absolute Gasteiger partial charge is 0.385 e. The normalized spacial score (nSPS) is 12.4. The smallest absolute Gasteiger partial charge is 0.0340 e. The van der Waals surface area contributed by atoms with Crippen molar-refractivity contribution >= 4 is 17.4 Å². The quantitative estimate of drug-likeness (QED) is 0.565. The van der Waals surface area contributed by atoms with Gasteiger partial charge in [0.15, 0.2) is 0 Å². The summed E-state index contributed by atoms with van der Waals surface area (Å²) in [7, 11) is 0. The number of thioether (sulfide) groups is 1. The van der Waals surface area contributed by atoms with Crippen molar-refractivity contribution in [2.75, 3.05) is 17.6 Å². The molecule has 1 rings (SSSR count). The standard InChI is InChI=1S/C13H22N2S/c1-3-16-13-8-6-12(7-9-13)15-10-4-5-11(2)14/h6-9,11,15H,3-5,10,14H2,1-2H3. The van der Waals surface area contributed by atoms with Crippen LogP contribution in [0.4, 0.5) is 5.69 Å². The summed E-state index contributed by atoms with van der Waals surface area (Å²) >= 11 is 1.87. The lowest BCUT2D eigenvalue weighted by Gasteiger charge is -2.08. The molecule has 0 fully saturated rings. The zero-order valence-corrected chi connectivity index (χ0v) is 11.0. The highest BCUT2D eigenvalue weighted by Crippen LogP contribution is 2.19. The third-order valence-corrected chi connectivity index (χ3v) is 3.22. The molecule has 3 N–H and O–H groups in total. The third kappa shape index (κ3) is 5.42. The fraction of sp³-hybridized carbons (Fsp3) is 0.538. The lowest BCUT2D eigenvalue weighted by molar-refractivity contribution is 0.639. The zero-order valence-electron chi connectivity index (χ0n) is 10.2. The Morgan fingerprint density at radius 1 is 1.31 bits per heavy atom. The van der Waals surface area contributed by atoms with E-state index in [9.17, 15) is 0 Å². The van der Waals surface area contributed by atoms with Gasteiger partial charge in [-0.3, -0.25) is 0 Å². The van der Waals surface area contributed by atoms with Gasteiger partial charge in [-0.05, 0) is 49.8 Å². The molecule has 1 aromatic carbocycles. The van der Waals surface area contributed by atoms with Crippen LogP contribution in [0.1, 0.15) is 26.7 Å². The summed E-state index contributed by atoms with van der Waals surface area (Å²) in [5, 5.41) is 3.40. The van der Waals surface area contributed by atoms with Crippen molar-refractivity contribution in [1.82, 2.24) is 0 Å². The van der Waals surface area contributed by atoms with Crippen LogP contribution in [0.2, 0.25) is 0 Å². The van der Waals surface area contributed by atoms with Crippen molar-refractivity contribution in [1.29, 1.82) is 0 Å². The number of hydrogen-bond donors (Lipinski definition) is 2. The number of hydrogen-bond acceptors (Lipinski definition) is 3. The van der Waals surface area contributed by atoms with Crippen LogP contribution in [-0.4, -0.2) is 18.3 Å². The number of nitrogens with two attached hydrogens (primary N) is 1. The molecule has 0 aromatic heterocycles. The first kappa shape index (κ1) is 13.4. The van der Waals surface area contributed by atoms with Crippen molar-refractivity contribution in [3.63, 3.8) is 0 Å². The van der Waals surface area contributed by atoms with Crippen LogP contribution in [0.5, 0.6) is 0 Å². The van der Waals surface area contributed by atoms with Gasteiger partial charge >= 0.3 is 0 Å². The predicted octanol–water partition coefficient (Wildman–Crippen LogP) is 3.34. The lowest BCUT2D eigenvalue weighted by Crippen LogP contribution is -2.16. The number of nitrogens with one attached hydrogen (secondary N) is 1. The van der Waals surface area contributed by atoms with Gasteiger partial charge in [0, 0.05) is 23.2 Å². The summed E-state index contributed by atoms with van der Waals surface area (Å²) in [4.78, 5) is 1.34. The molecule has 1 aromatic rings. The Morgan fingerprint density at radius 3 is 2.56 bits per heavy atom. The summed E-state index contributed by atoms with van der Waals surface area (Å²) in [6, 6.07) is 8.93. The number of rotatable bonds is 7. The second-order valence-corrected chi connectivity index (χ2v) is 5.34. The Balaban J connectivity index is 2.26. The molecule has 0 spiro atoms. The van der Waals surface area contributed by atoms with Crippen LogP contribution in [0.25, 0.3) is 0 Å². The van der Waals surface area contributed by atoms with Gasteiger partial charge in [0.25, 0.3) is 0 Å². The monoisotopic (exact) mass is 238 g/mol. The molecule has 0 aliphatic rings. The number of benzene rings is 1. The molecule has 90 valence electrons. The van der Waals surface area contributed by atoms with Crippen LogP contribution >= 0.6 is 11.8 Å². The van der Waals surface area contributed by atoms with Crippen LogP contribution in [0.3, 0.4) is 0 Å². The fourth-order valence-electron chi connectivity index (χ4n) is 1.49. The van der Waals surface area contributed by atoms with E-state index in [0.29, 0.717) is 6.04 Å². The van der Waals surface area contributed by atoms with Gasteiger partial charge < -0.3 is 11.1 Å². The average molecular weight is 238 g/mol. The summed E-state index contributed by atoms with van der Waals surface area (Å²) in [6.45, 7) is 5.23. The van der Waals surface area contributed by atoms with Crippen molar-refractivity contribution in [2.45, 2.75) is 37.6 Å². The molecule has 0 saturated carbocycles. The van der Waals surface area contributed by atoms with Crippen LogP contribution in [-0.2, 0) is 0 Å². The molecular weight excluding hydrogens is 216 g/mol. The van der Waals surface area contributed by atoms with E-state index in [2.05, 4.69) is 43.4 Å². The second-order valence-electron chi connectivity index (χ2n) is 4.00. The van der Waals surface area contributed by atoms with Gasteiger partial charge in [-0.1, -0.05) is 6.92 Å². The predicted molar refractivity (Wildman–Crippen MR) is 74.2 cm³/mol. The Hall–Kier alpha value is -0.670. The molecule has 16 heavy (non-hydrogen) atoms. The van der Waals surface area contributed by atoms with Gasteiger partial charge in [0.05, 0.1) is 0 Å². The summed E-state index contributed by atoms with van der Waals surface area (Å²) < 4.78 is 0. The highest BCUT2D eigenvalue weighted by Gasteiger charge is 1.96. The SMILES string of the molecule is CCSc1ccc(NCCCC(C)N)cc1. The molecule has 0 radical (unpaired) electrons. The molecule has 0 saturated heterocycles. The zero-order chi connectivity index (χ0) is 11.8. The molecule has 0 heterocycles. The van der Waals surface area contributed by atoms with E-state index in [1.807, 2.05) is 11.8 Å². The van der Waals surface area contributed by atoms with E-state index in [-0.39, 0.29) is 0 Å². The van der Waals surface area contributed by atoms with Gasteiger partial charge in [0.2, 0.25) is 0 Å². The Kier molecular flexibility index (Phi) is 6.34. The van der Waals surface area contributed by atoms with Crippen LogP contribution in [0.15, 0.2) is 29.2 Å². The Bertz CT molecular complexity index is 282. The molecule has 1 unspecified atom stereocenters. The molecular formula is C13H22N2S. The van der Waals surface area contributed by atoms with E-state index in [1.165, 1.54) is 10.6 Å². The maximum absolute atomic E-state index is 5.69. The lowest BCUT2D eigenvalue weighted by atomic mass is 10.2. The second kappa shape index (κ2) is 7.58. The molecule has 0 amide bonds. The van der Waals surface area contributed by atoms with Crippen molar-refractivity contribution in [3.8, 4) is 0 Å². The summed E-state index contributed by atoms with van der Waals surface area (Å²) in [6.07, 6.45) is 2.21. The first-order valence-electron chi connectivity index (χ1n) is 5.94. The summed E-state index contributed by atoms with van der Waals surface area (Å²) in [5.41, 5.74) is 6.89. The van der Waals surface area contributed by atoms with Crippen molar-refractivity contribution < 1.29 is 0 Å². The minimum Gasteiger partial charge on any atom is -0.385 e. The van der Waals surface area contributed by atoms with E-state index in [4.69, 9.17) is 5.73 Å². The Labute approximate surface area is 103 Å². The first-order valence-corrected chi connectivity index (χ1v) is 6.93. The molecule has 3 heteroatoms. The van der Waals surface area contributed by atoms with Crippen LogP contribution in [0, 0.1) is 0 Å². The van der Waals surface area contributed by atoms with Crippen molar-refractivity contribution in [2.24, 2.45) is 5.73 Å². The molecule has 2 nitrogen and oxygen atoms in total. The fourth-order valence-corrected chi connectivity index (χ4v) is 2.15. The third-order valence-electron chi connectivity index (χ3n) is 2.33. The minimum absolute atomic E-state index is 0.310. The molecule has 0 bridgehead atoms. The van der Waals surface area contributed by atoms with E-state index >= 15 is 0 Å². The van der Waals surface area contributed by atoms with Gasteiger partial charge in [0.1, 0.15) is 0 Å². The maximum atomic E-state index is 5.69. The average Bonchev–Trinajstić information content (AvgIpc) is 2.27. The molecule has 1 atom stereocenters. The van der Waals surface area contributed by atoms with E-state index < -0.39 is 0 Å². The highest BCUT2D eigenvalue weighted by molar-refractivity contribution is 7.99. The minimum atomic E-state index is 0.310. The first-order chi connectivity index (χ1) is 7.72. The maximum Gasteiger partial charge on any atom is 0.0340 e. The van der Waals surface area contributed by atoms with Crippen molar-refractivity contribution in [3.05, 3.63) is 24.3 Å². The topological polar surface area (TPSA) is 38.0 Å². The highest BCUT2D eigenvalue weighted by atomic mass is 32.2. The van der Waals surface area contributed by atoms with Crippen LogP contribution < -0.4 is 11.1 Å². The van der Waals surface area contributed by atoms with E-state index in [1.54, 1.807) is 0 Å². The van der Waals surface area contributed by atoms with Gasteiger partial charge in [-0.2, -0.15) is 0 Å². The number of anilines is 1. The summed E-state index contributed by atoms with van der Waals surface area (Å²) in [5.74, 6) is 1.13. The molecule has 0 aliphatic carbocycles. The van der Waals surface area contributed by atoms with Gasteiger partial charge in [-0.15, -0.1) is 11.8 Å². The van der Waals surface area contributed by atoms with E-state index in [0.717, 1.165) is 25.1 Å². The van der Waals surface area contributed by atoms with Gasteiger partial charge in [-0.25, -0.2) is 0 Å².